The van der Waals surface area contributed by atoms with Crippen molar-refractivity contribution < 1.29 is 14.5 Å². The molecule has 1 amide bonds. The van der Waals surface area contributed by atoms with Crippen LogP contribution in [0.5, 0.6) is 5.75 Å². The highest BCUT2D eigenvalue weighted by molar-refractivity contribution is 5.98. The van der Waals surface area contributed by atoms with Crippen LogP contribution in [0.1, 0.15) is 28.8 Å². The molecule has 2 aromatic carbocycles. The van der Waals surface area contributed by atoms with Gasteiger partial charge < -0.3 is 10.1 Å². The van der Waals surface area contributed by atoms with E-state index in [1.807, 2.05) is 31.2 Å². The molecular formula is C17H16N2O4. The Hall–Kier alpha value is -2.89. The van der Waals surface area contributed by atoms with E-state index in [0.717, 1.165) is 11.3 Å². The Morgan fingerprint density at radius 2 is 1.96 bits per heavy atom. The number of nitrogens with zero attached hydrogens (tertiary/aromatic N) is 1. The first-order valence-electron chi connectivity index (χ1n) is 7.34. The highest BCUT2D eigenvalue weighted by Gasteiger charge is 2.30. The molecule has 6 nitrogen and oxygen atoms in total. The minimum absolute atomic E-state index is 0.0259. The fourth-order valence-electron chi connectivity index (χ4n) is 2.81. The molecule has 6 heteroatoms. The summed E-state index contributed by atoms with van der Waals surface area (Å²) in [5.74, 6) is 0.399. The van der Waals surface area contributed by atoms with Gasteiger partial charge in [-0.25, -0.2) is 0 Å². The average Bonchev–Trinajstić information content (AvgIpc) is 2.98. The molecule has 0 saturated carbocycles. The molecular weight excluding hydrogens is 296 g/mol. The lowest BCUT2D eigenvalue weighted by Crippen LogP contribution is -2.37. The van der Waals surface area contributed by atoms with Crippen molar-refractivity contribution in [3.05, 3.63) is 69.8 Å². The Labute approximate surface area is 133 Å². The molecule has 0 saturated heterocycles. The van der Waals surface area contributed by atoms with E-state index in [4.69, 9.17) is 4.74 Å². The van der Waals surface area contributed by atoms with Crippen LogP contribution in [-0.4, -0.2) is 23.5 Å². The first-order chi connectivity index (χ1) is 11.1. The van der Waals surface area contributed by atoms with E-state index in [-0.39, 0.29) is 23.2 Å². The maximum Gasteiger partial charge on any atom is 0.282 e. The molecule has 1 aliphatic rings. The Kier molecular flexibility index (Phi) is 3.97. The number of nitro benzene ring substituents is 1. The van der Waals surface area contributed by atoms with E-state index in [1.54, 1.807) is 12.1 Å². The Morgan fingerprint density at radius 1 is 1.26 bits per heavy atom. The molecule has 3 rings (SSSR count). The normalized spacial score (nSPS) is 17.0. The summed E-state index contributed by atoms with van der Waals surface area (Å²) in [5.41, 5.74) is 0.916. The van der Waals surface area contributed by atoms with Gasteiger partial charge in [-0.05, 0) is 19.1 Å². The fraction of sp³-hybridized carbons (Fsp3) is 0.235. The second kappa shape index (κ2) is 6.08. The van der Waals surface area contributed by atoms with Gasteiger partial charge in [0.2, 0.25) is 0 Å². The van der Waals surface area contributed by atoms with Crippen LogP contribution in [0.4, 0.5) is 5.69 Å². The third kappa shape index (κ3) is 2.88. The van der Waals surface area contributed by atoms with Crippen LogP contribution in [0.15, 0.2) is 48.5 Å². The van der Waals surface area contributed by atoms with Gasteiger partial charge in [-0.3, -0.25) is 14.9 Å². The lowest BCUT2D eigenvalue weighted by molar-refractivity contribution is -0.385. The van der Waals surface area contributed by atoms with Crippen LogP contribution in [0.2, 0.25) is 0 Å². The second-order valence-electron chi connectivity index (χ2n) is 5.49. The van der Waals surface area contributed by atoms with Crippen LogP contribution in [-0.2, 0) is 0 Å². The van der Waals surface area contributed by atoms with Gasteiger partial charge in [0.15, 0.2) is 0 Å². The number of nitro groups is 1. The number of para-hydroxylation sites is 2. The Balaban J connectivity index is 1.78. The minimum Gasteiger partial charge on any atom is -0.493 e. The number of amides is 1. The van der Waals surface area contributed by atoms with Gasteiger partial charge in [0.1, 0.15) is 11.3 Å². The number of hydrogen-bond donors (Lipinski definition) is 1. The second-order valence-corrected chi connectivity index (χ2v) is 5.49. The summed E-state index contributed by atoms with van der Waals surface area (Å²) in [5, 5.41) is 13.9. The average molecular weight is 312 g/mol. The van der Waals surface area contributed by atoms with E-state index < -0.39 is 10.8 Å². The van der Waals surface area contributed by atoms with Crippen molar-refractivity contribution in [2.24, 2.45) is 0 Å². The zero-order valence-electron chi connectivity index (χ0n) is 12.6. The third-order valence-electron chi connectivity index (χ3n) is 4.04. The summed E-state index contributed by atoms with van der Waals surface area (Å²) < 4.78 is 5.62. The molecule has 2 aromatic rings. The van der Waals surface area contributed by atoms with Crippen LogP contribution in [0, 0.1) is 10.1 Å². The lowest BCUT2D eigenvalue weighted by Gasteiger charge is -2.20. The molecule has 1 N–H and O–H groups in total. The number of nitrogens with one attached hydrogen (secondary N) is 1. The van der Waals surface area contributed by atoms with E-state index in [1.165, 1.54) is 12.1 Å². The molecule has 1 heterocycles. The molecule has 0 fully saturated rings. The number of benzene rings is 2. The number of carbonyl (C=O) groups is 1. The summed E-state index contributed by atoms with van der Waals surface area (Å²) in [6.07, 6.45) is 0. The zero-order chi connectivity index (χ0) is 16.4. The van der Waals surface area contributed by atoms with Gasteiger partial charge in [-0.1, -0.05) is 30.3 Å². The van der Waals surface area contributed by atoms with E-state index in [9.17, 15) is 14.9 Å². The minimum atomic E-state index is -0.548. The topological polar surface area (TPSA) is 81.5 Å². The van der Waals surface area contributed by atoms with Gasteiger partial charge >= 0.3 is 0 Å². The van der Waals surface area contributed by atoms with Gasteiger partial charge in [-0.2, -0.15) is 0 Å². The Bertz CT molecular complexity index is 760. The molecule has 1 aliphatic heterocycles. The molecule has 0 aliphatic carbocycles. The maximum atomic E-state index is 12.4. The SMILES string of the molecule is CC(NC(=O)c1ccccc1[N+](=O)[O-])C1COc2ccccc21. The van der Waals surface area contributed by atoms with Crippen molar-refractivity contribution in [1.29, 1.82) is 0 Å². The number of carbonyl (C=O) groups excluding carboxylic acids is 1. The molecule has 2 atom stereocenters. The summed E-state index contributed by atoms with van der Waals surface area (Å²) in [6.45, 7) is 2.36. The van der Waals surface area contributed by atoms with Crippen molar-refractivity contribution in [3.8, 4) is 5.75 Å². The van der Waals surface area contributed by atoms with Crippen LogP contribution in [0.3, 0.4) is 0 Å². The summed E-state index contributed by atoms with van der Waals surface area (Å²) in [7, 11) is 0. The van der Waals surface area contributed by atoms with Crippen molar-refractivity contribution in [3.63, 3.8) is 0 Å². The van der Waals surface area contributed by atoms with Crippen molar-refractivity contribution >= 4 is 11.6 Å². The van der Waals surface area contributed by atoms with Gasteiger partial charge in [0.05, 0.1) is 11.5 Å². The van der Waals surface area contributed by atoms with Gasteiger partial charge in [0.25, 0.3) is 11.6 Å². The van der Waals surface area contributed by atoms with Gasteiger partial charge in [-0.15, -0.1) is 0 Å². The lowest BCUT2D eigenvalue weighted by atomic mass is 9.94. The summed E-state index contributed by atoms with van der Waals surface area (Å²) in [6, 6.07) is 13.4. The van der Waals surface area contributed by atoms with E-state index in [0.29, 0.717) is 6.61 Å². The monoisotopic (exact) mass is 312 g/mol. The number of rotatable bonds is 4. The van der Waals surface area contributed by atoms with E-state index >= 15 is 0 Å². The number of ether oxygens (including phenoxy) is 1. The molecule has 2 unspecified atom stereocenters. The fourth-order valence-corrected chi connectivity index (χ4v) is 2.81. The predicted octanol–water partition coefficient (Wildman–Crippen LogP) is 2.89. The van der Waals surface area contributed by atoms with Crippen molar-refractivity contribution in [2.45, 2.75) is 18.9 Å². The van der Waals surface area contributed by atoms with Gasteiger partial charge in [0, 0.05) is 23.6 Å². The highest BCUT2D eigenvalue weighted by atomic mass is 16.6. The van der Waals surface area contributed by atoms with Crippen molar-refractivity contribution in [2.75, 3.05) is 6.61 Å². The number of fused-ring (bicyclic) bond motifs is 1. The van der Waals surface area contributed by atoms with Crippen LogP contribution >= 0.6 is 0 Å². The standard InChI is InChI=1S/C17H16N2O4/c1-11(14-10-23-16-9-5-3-6-12(14)16)18-17(20)13-7-2-4-8-15(13)19(21)22/h2-9,11,14H,10H2,1H3,(H,18,20). The molecule has 0 radical (unpaired) electrons. The quantitative estimate of drug-likeness (QED) is 0.695. The number of hydrogen-bond acceptors (Lipinski definition) is 4. The summed E-state index contributed by atoms with van der Waals surface area (Å²) in [4.78, 5) is 22.9. The van der Waals surface area contributed by atoms with E-state index in [2.05, 4.69) is 5.32 Å². The van der Waals surface area contributed by atoms with Crippen LogP contribution < -0.4 is 10.1 Å². The third-order valence-corrected chi connectivity index (χ3v) is 4.04. The molecule has 0 aromatic heterocycles. The zero-order valence-corrected chi connectivity index (χ0v) is 12.6. The molecule has 118 valence electrons. The van der Waals surface area contributed by atoms with Crippen molar-refractivity contribution in [1.82, 2.24) is 5.32 Å². The Morgan fingerprint density at radius 3 is 2.74 bits per heavy atom. The van der Waals surface area contributed by atoms with Crippen LogP contribution in [0.25, 0.3) is 0 Å². The molecule has 0 bridgehead atoms. The first-order valence-corrected chi connectivity index (χ1v) is 7.34. The molecule has 23 heavy (non-hydrogen) atoms. The first kappa shape index (κ1) is 15.0. The maximum absolute atomic E-state index is 12.4. The molecule has 0 spiro atoms. The predicted molar refractivity (Wildman–Crippen MR) is 84.7 cm³/mol. The largest absolute Gasteiger partial charge is 0.493 e. The smallest absolute Gasteiger partial charge is 0.282 e. The highest BCUT2D eigenvalue weighted by Crippen LogP contribution is 2.35. The summed E-state index contributed by atoms with van der Waals surface area (Å²) >= 11 is 0.